The molecule has 1 fully saturated rings. The van der Waals surface area contributed by atoms with Gasteiger partial charge in [0.1, 0.15) is 12.1 Å². The van der Waals surface area contributed by atoms with Crippen LogP contribution in [0.5, 0.6) is 0 Å². The van der Waals surface area contributed by atoms with Crippen molar-refractivity contribution in [3.8, 4) is 0 Å². The summed E-state index contributed by atoms with van der Waals surface area (Å²) in [5, 5.41) is 16.2. The third-order valence-electron chi connectivity index (χ3n) is 6.38. The van der Waals surface area contributed by atoms with E-state index in [1.165, 1.54) is 0 Å². The quantitative estimate of drug-likeness (QED) is 0.502. The monoisotopic (exact) mass is 442 g/mol. The number of nitrogens with one attached hydrogen (secondary N) is 3. The SMILES string of the molecule is CC[C@H](C)[C@H](NC(=O)N1CCCCCC1)C(=O)N[C@H](Cc1c[nH]c2ccccc12)C(=O)O. The first kappa shape index (κ1) is 23.6. The Morgan fingerprint density at radius 1 is 1.09 bits per heavy atom. The van der Waals surface area contributed by atoms with Crippen LogP contribution in [0.2, 0.25) is 0 Å². The van der Waals surface area contributed by atoms with Crippen LogP contribution >= 0.6 is 0 Å². The van der Waals surface area contributed by atoms with E-state index in [2.05, 4.69) is 15.6 Å². The second-order valence-corrected chi connectivity index (χ2v) is 8.68. The molecule has 8 heteroatoms. The first-order valence-corrected chi connectivity index (χ1v) is 11.5. The molecule has 2 aromatic rings. The van der Waals surface area contributed by atoms with Crippen LogP contribution in [0.1, 0.15) is 51.5 Å². The van der Waals surface area contributed by atoms with Gasteiger partial charge in [-0.25, -0.2) is 9.59 Å². The van der Waals surface area contributed by atoms with Gasteiger partial charge in [0, 0.05) is 36.6 Å². The van der Waals surface area contributed by atoms with Crippen molar-refractivity contribution >= 4 is 28.8 Å². The average molecular weight is 443 g/mol. The second-order valence-electron chi connectivity index (χ2n) is 8.68. The number of carbonyl (C=O) groups is 3. The molecule has 3 rings (SSSR count). The van der Waals surface area contributed by atoms with Crippen molar-refractivity contribution in [3.63, 3.8) is 0 Å². The number of rotatable bonds is 8. The fraction of sp³-hybridized carbons (Fsp3) is 0.542. The molecule has 0 saturated carbocycles. The number of carboxylic acids is 1. The minimum Gasteiger partial charge on any atom is -0.480 e. The van der Waals surface area contributed by atoms with Crippen molar-refractivity contribution in [2.45, 2.75) is 64.5 Å². The number of carboxylic acid groups (broad SMARTS) is 1. The van der Waals surface area contributed by atoms with Gasteiger partial charge in [-0.15, -0.1) is 0 Å². The summed E-state index contributed by atoms with van der Waals surface area (Å²) < 4.78 is 0. The number of H-pyrrole nitrogens is 1. The predicted octanol–water partition coefficient (Wildman–Crippen LogP) is 3.28. The third kappa shape index (κ3) is 5.81. The number of urea groups is 1. The van der Waals surface area contributed by atoms with E-state index in [1.54, 1.807) is 11.1 Å². The summed E-state index contributed by atoms with van der Waals surface area (Å²) in [5.74, 6) is -1.70. The number of nitrogens with zero attached hydrogens (tertiary/aromatic N) is 1. The number of amides is 3. The number of para-hydroxylation sites is 1. The van der Waals surface area contributed by atoms with Crippen LogP contribution in [0.4, 0.5) is 4.79 Å². The molecule has 0 unspecified atom stereocenters. The maximum Gasteiger partial charge on any atom is 0.326 e. The van der Waals surface area contributed by atoms with E-state index in [9.17, 15) is 19.5 Å². The van der Waals surface area contributed by atoms with Gasteiger partial charge >= 0.3 is 12.0 Å². The van der Waals surface area contributed by atoms with E-state index in [0.29, 0.717) is 19.5 Å². The van der Waals surface area contributed by atoms with Crippen molar-refractivity contribution in [2.24, 2.45) is 5.92 Å². The normalized spacial score (nSPS) is 17.2. The van der Waals surface area contributed by atoms with E-state index >= 15 is 0 Å². The first-order chi connectivity index (χ1) is 15.4. The fourth-order valence-corrected chi connectivity index (χ4v) is 4.18. The summed E-state index contributed by atoms with van der Waals surface area (Å²) in [5.41, 5.74) is 1.74. The van der Waals surface area contributed by atoms with Crippen molar-refractivity contribution in [1.82, 2.24) is 20.5 Å². The second kappa shape index (κ2) is 11.0. The van der Waals surface area contributed by atoms with Gasteiger partial charge in [-0.2, -0.15) is 0 Å². The summed E-state index contributed by atoms with van der Waals surface area (Å²) in [6.07, 6.45) is 6.73. The van der Waals surface area contributed by atoms with E-state index in [-0.39, 0.29) is 18.4 Å². The Labute approximate surface area is 188 Å². The van der Waals surface area contributed by atoms with Crippen LogP contribution in [0, 0.1) is 5.92 Å². The Morgan fingerprint density at radius 3 is 2.44 bits per heavy atom. The topological polar surface area (TPSA) is 115 Å². The van der Waals surface area contributed by atoms with E-state index < -0.39 is 24.0 Å². The molecule has 1 aliphatic heterocycles. The standard InChI is InChI=1S/C24H34N4O4/c1-3-16(2)21(27-24(32)28-12-8-4-5-9-13-28)22(29)26-20(23(30)31)14-17-15-25-19-11-7-6-10-18(17)19/h6-7,10-11,15-16,20-21,25H,3-5,8-9,12-14H2,1-2H3,(H,26,29)(H,27,32)(H,30,31)/t16-,20+,21-/m0/s1. The third-order valence-corrected chi connectivity index (χ3v) is 6.38. The number of aromatic nitrogens is 1. The number of benzene rings is 1. The molecule has 8 nitrogen and oxygen atoms in total. The fourth-order valence-electron chi connectivity index (χ4n) is 4.18. The molecule has 0 radical (unpaired) electrons. The summed E-state index contributed by atoms with van der Waals surface area (Å²) in [4.78, 5) is 42.8. The van der Waals surface area contributed by atoms with Gasteiger partial charge in [0.2, 0.25) is 5.91 Å². The van der Waals surface area contributed by atoms with Crippen LogP contribution in [-0.2, 0) is 16.0 Å². The zero-order chi connectivity index (χ0) is 23.1. The number of aliphatic carboxylic acids is 1. The number of hydrogen-bond acceptors (Lipinski definition) is 3. The number of aromatic amines is 1. The van der Waals surface area contributed by atoms with Gasteiger partial charge in [0.05, 0.1) is 0 Å². The largest absolute Gasteiger partial charge is 0.480 e. The zero-order valence-electron chi connectivity index (χ0n) is 18.9. The molecule has 1 aromatic carbocycles. The molecule has 1 saturated heterocycles. The molecule has 1 aliphatic rings. The van der Waals surface area contributed by atoms with Crippen molar-refractivity contribution in [3.05, 3.63) is 36.0 Å². The van der Waals surface area contributed by atoms with Gasteiger partial charge in [-0.3, -0.25) is 4.79 Å². The molecule has 4 N–H and O–H groups in total. The van der Waals surface area contributed by atoms with E-state index in [1.807, 2.05) is 38.1 Å². The molecule has 1 aromatic heterocycles. The molecule has 0 aliphatic carbocycles. The molecule has 174 valence electrons. The highest BCUT2D eigenvalue weighted by molar-refractivity contribution is 5.91. The van der Waals surface area contributed by atoms with Crippen molar-refractivity contribution < 1.29 is 19.5 Å². The van der Waals surface area contributed by atoms with Crippen LogP contribution in [0.3, 0.4) is 0 Å². The lowest BCUT2D eigenvalue weighted by Gasteiger charge is -2.29. The van der Waals surface area contributed by atoms with E-state index in [4.69, 9.17) is 0 Å². The van der Waals surface area contributed by atoms with Crippen LogP contribution in [-0.4, -0.2) is 58.1 Å². The summed E-state index contributed by atoms with van der Waals surface area (Å²) in [7, 11) is 0. The van der Waals surface area contributed by atoms with Gasteiger partial charge in [-0.05, 0) is 30.4 Å². The minimum atomic E-state index is -1.11. The molecule has 3 atom stereocenters. The lowest BCUT2D eigenvalue weighted by atomic mass is 9.97. The highest BCUT2D eigenvalue weighted by atomic mass is 16.4. The number of hydrogen-bond donors (Lipinski definition) is 4. The molecule has 0 spiro atoms. The summed E-state index contributed by atoms with van der Waals surface area (Å²) in [6, 6.07) is 5.50. The highest BCUT2D eigenvalue weighted by Gasteiger charge is 2.31. The number of fused-ring (bicyclic) bond motifs is 1. The Morgan fingerprint density at radius 2 is 1.78 bits per heavy atom. The maximum atomic E-state index is 13.1. The molecule has 32 heavy (non-hydrogen) atoms. The Balaban J connectivity index is 1.71. The Hall–Kier alpha value is -3.03. The zero-order valence-corrected chi connectivity index (χ0v) is 18.9. The van der Waals surface area contributed by atoms with Gasteiger partial charge in [-0.1, -0.05) is 51.3 Å². The number of carbonyl (C=O) groups excluding carboxylic acids is 2. The minimum absolute atomic E-state index is 0.131. The Bertz CT molecular complexity index is 933. The molecule has 0 bridgehead atoms. The summed E-state index contributed by atoms with van der Waals surface area (Å²) >= 11 is 0. The van der Waals surface area contributed by atoms with Crippen LogP contribution in [0.15, 0.2) is 30.5 Å². The van der Waals surface area contributed by atoms with Crippen molar-refractivity contribution in [2.75, 3.05) is 13.1 Å². The highest BCUT2D eigenvalue weighted by Crippen LogP contribution is 2.19. The number of likely N-dealkylation sites (tertiary alicyclic amines) is 1. The van der Waals surface area contributed by atoms with Crippen LogP contribution < -0.4 is 10.6 Å². The maximum absolute atomic E-state index is 13.1. The average Bonchev–Trinajstić information content (AvgIpc) is 2.99. The van der Waals surface area contributed by atoms with E-state index in [0.717, 1.165) is 42.1 Å². The lowest BCUT2D eigenvalue weighted by Crippen LogP contribution is -2.56. The smallest absolute Gasteiger partial charge is 0.326 e. The van der Waals surface area contributed by atoms with Gasteiger partial charge in [0.25, 0.3) is 0 Å². The predicted molar refractivity (Wildman–Crippen MR) is 123 cm³/mol. The van der Waals surface area contributed by atoms with Gasteiger partial charge in [0.15, 0.2) is 0 Å². The molecule has 2 heterocycles. The Kier molecular flexibility index (Phi) is 8.14. The molecular weight excluding hydrogens is 408 g/mol. The van der Waals surface area contributed by atoms with Gasteiger partial charge < -0.3 is 25.6 Å². The lowest BCUT2D eigenvalue weighted by molar-refractivity contribution is -0.142. The first-order valence-electron chi connectivity index (χ1n) is 11.5. The molecule has 3 amide bonds. The van der Waals surface area contributed by atoms with Crippen LogP contribution in [0.25, 0.3) is 10.9 Å². The summed E-state index contributed by atoms with van der Waals surface area (Å²) in [6.45, 7) is 5.20. The molecular formula is C24H34N4O4. The van der Waals surface area contributed by atoms with Crippen molar-refractivity contribution in [1.29, 1.82) is 0 Å².